The van der Waals surface area contributed by atoms with Gasteiger partial charge in [0.2, 0.25) is 0 Å². The highest BCUT2D eigenvalue weighted by Gasteiger charge is 2.17. The van der Waals surface area contributed by atoms with Crippen molar-refractivity contribution < 1.29 is 13.2 Å². The van der Waals surface area contributed by atoms with Crippen LogP contribution in [0.1, 0.15) is 0 Å². The first kappa shape index (κ1) is 14.9. The Balaban J connectivity index is 2.12. The molecule has 112 valence electrons. The third-order valence-electron chi connectivity index (χ3n) is 2.71. The van der Waals surface area contributed by atoms with E-state index in [1.54, 1.807) is 12.1 Å². The Morgan fingerprint density at radius 2 is 1.95 bits per heavy atom. The van der Waals surface area contributed by atoms with E-state index in [2.05, 4.69) is 31.2 Å². The van der Waals surface area contributed by atoms with E-state index in [1.165, 1.54) is 6.20 Å². The monoisotopic (exact) mass is 387 g/mol. The predicted molar refractivity (Wildman–Crippen MR) is 81.0 cm³/mol. The number of halogens is 4. The van der Waals surface area contributed by atoms with Crippen molar-refractivity contribution in [2.24, 2.45) is 0 Å². The summed E-state index contributed by atoms with van der Waals surface area (Å²) in [6.07, 6.45) is 1.52. The van der Waals surface area contributed by atoms with Crippen LogP contribution in [-0.2, 0) is 0 Å². The average molecular weight is 388 g/mol. The first-order valence-corrected chi connectivity index (χ1v) is 7.43. The summed E-state index contributed by atoms with van der Waals surface area (Å²) in [7, 11) is 0. The predicted octanol–water partition coefficient (Wildman–Crippen LogP) is 3.97. The number of hydrogen-bond donors (Lipinski definition) is 1. The standard InChI is InChI=1S/C13H5BrF3N3OS/c14-5-1-2-8(18-4-5)19-13-20-12(21)6-3-7(15)9(16)10(17)11(6)22-13/h1-4H,(H,18,19,20,21). The summed E-state index contributed by atoms with van der Waals surface area (Å²) in [5.74, 6) is -4.09. The second-order valence-corrected chi connectivity index (χ2v) is 6.09. The van der Waals surface area contributed by atoms with E-state index in [0.29, 0.717) is 23.2 Å². The molecule has 0 unspecified atom stereocenters. The maximum absolute atomic E-state index is 13.8. The minimum Gasteiger partial charge on any atom is -0.316 e. The third kappa shape index (κ3) is 2.69. The van der Waals surface area contributed by atoms with Gasteiger partial charge in [-0.3, -0.25) is 4.79 Å². The van der Waals surface area contributed by atoms with Crippen LogP contribution in [0, 0.1) is 17.5 Å². The van der Waals surface area contributed by atoms with E-state index in [9.17, 15) is 18.0 Å². The van der Waals surface area contributed by atoms with Gasteiger partial charge in [0, 0.05) is 10.7 Å². The maximum atomic E-state index is 13.8. The van der Waals surface area contributed by atoms with Gasteiger partial charge in [0.05, 0.1) is 10.1 Å². The zero-order valence-corrected chi connectivity index (χ0v) is 12.9. The van der Waals surface area contributed by atoms with Crippen molar-refractivity contribution in [3.8, 4) is 0 Å². The van der Waals surface area contributed by atoms with Crippen molar-refractivity contribution >= 4 is 48.3 Å². The second kappa shape index (κ2) is 5.65. The third-order valence-corrected chi connectivity index (χ3v) is 4.17. The molecule has 9 heteroatoms. The SMILES string of the molecule is O=c1nc(Nc2ccc(Br)cn2)sc2c(F)c(F)c(F)cc12. The fourth-order valence-electron chi connectivity index (χ4n) is 1.72. The number of fused-ring (bicyclic) bond motifs is 1. The van der Waals surface area contributed by atoms with Crippen molar-refractivity contribution in [1.82, 2.24) is 9.97 Å². The number of hydrogen-bond acceptors (Lipinski definition) is 5. The molecule has 0 amide bonds. The summed E-state index contributed by atoms with van der Waals surface area (Å²) >= 11 is 3.91. The molecule has 0 fully saturated rings. The summed E-state index contributed by atoms with van der Waals surface area (Å²) in [5, 5.41) is 2.43. The Morgan fingerprint density at radius 3 is 2.64 bits per heavy atom. The molecule has 4 nitrogen and oxygen atoms in total. The zero-order valence-electron chi connectivity index (χ0n) is 10.5. The van der Waals surface area contributed by atoms with Crippen LogP contribution in [0.5, 0.6) is 0 Å². The summed E-state index contributed by atoms with van der Waals surface area (Å²) in [4.78, 5) is 19.5. The molecule has 2 aromatic heterocycles. The number of rotatable bonds is 2. The summed E-state index contributed by atoms with van der Waals surface area (Å²) in [5.41, 5.74) is -0.855. The molecular formula is C13H5BrF3N3OS. The summed E-state index contributed by atoms with van der Waals surface area (Å²) < 4.78 is 40.7. The lowest BCUT2D eigenvalue weighted by Gasteiger charge is -2.06. The number of benzene rings is 1. The molecule has 1 N–H and O–H groups in total. The normalized spacial score (nSPS) is 10.9. The van der Waals surface area contributed by atoms with E-state index >= 15 is 0 Å². The molecule has 0 radical (unpaired) electrons. The van der Waals surface area contributed by atoms with E-state index in [1.807, 2.05) is 0 Å². The van der Waals surface area contributed by atoms with Crippen LogP contribution >= 0.6 is 27.3 Å². The fourth-order valence-corrected chi connectivity index (χ4v) is 2.87. The van der Waals surface area contributed by atoms with Crippen LogP contribution in [-0.4, -0.2) is 9.97 Å². The van der Waals surface area contributed by atoms with E-state index in [-0.39, 0.29) is 15.2 Å². The summed E-state index contributed by atoms with van der Waals surface area (Å²) in [6, 6.07) is 3.95. The van der Waals surface area contributed by atoms with Crippen molar-refractivity contribution in [2.75, 3.05) is 5.32 Å². The van der Waals surface area contributed by atoms with Crippen LogP contribution in [0.4, 0.5) is 24.1 Å². The lowest BCUT2D eigenvalue weighted by Crippen LogP contribution is -2.10. The maximum Gasteiger partial charge on any atom is 0.281 e. The largest absolute Gasteiger partial charge is 0.316 e. The van der Waals surface area contributed by atoms with Crippen LogP contribution in [0.2, 0.25) is 0 Å². The van der Waals surface area contributed by atoms with Gasteiger partial charge in [-0.1, -0.05) is 11.3 Å². The van der Waals surface area contributed by atoms with E-state index < -0.39 is 23.0 Å². The molecular weight excluding hydrogens is 383 g/mol. The number of aromatic nitrogens is 2. The number of nitrogens with zero attached hydrogens (tertiary/aromatic N) is 2. The molecule has 0 spiro atoms. The van der Waals surface area contributed by atoms with Gasteiger partial charge in [-0.05, 0) is 34.1 Å². The highest BCUT2D eigenvalue weighted by molar-refractivity contribution is 9.10. The molecule has 3 aromatic rings. The molecule has 0 atom stereocenters. The Bertz CT molecular complexity index is 930. The molecule has 0 aliphatic carbocycles. The quantitative estimate of drug-likeness (QED) is 0.675. The molecule has 0 aliphatic rings. The molecule has 0 aliphatic heterocycles. The first-order valence-electron chi connectivity index (χ1n) is 5.82. The van der Waals surface area contributed by atoms with Crippen LogP contribution in [0.3, 0.4) is 0 Å². The molecule has 1 aromatic carbocycles. The minimum atomic E-state index is -1.62. The van der Waals surface area contributed by atoms with Gasteiger partial charge in [0.15, 0.2) is 22.6 Å². The van der Waals surface area contributed by atoms with E-state index in [0.717, 1.165) is 4.47 Å². The number of pyridine rings is 1. The van der Waals surface area contributed by atoms with E-state index in [4.69, 9.17) is 0 Å². The van der Waals surface area contributed by atoms with Crippen molar-refractivity contribution in [1.29, 1.82) is 0 Å². The Kier molecular flexibility index (Phi) is 3.83. The van der Waals surface area contributed by atoms with Gasteiger partial charge in [0.25, 0.3) is 5.56 Å². The fraction of sp³-hybridized carbons (Fsp3) is 0. The van der Waals surface area contributed by atoms with Crippen molar-refractivity contribution in [3.63, 3.8) is 0 Å². The summed E-state index contributed by atoms with van der Waals surface area (Å²) in [6.45, 7) is 0. The molecule has 2 heterocycles. The van der Waals surface area contributed by atoms with Crippen molar-refractivity contribution in [3.05, 3.63) is 56.7 Å². The minimum absolute atomic E-state index is 0.0252. The lowest BCUT2D eigenvalue weighted by atomic mass is 10.2. The number of anilines is 2. The number of nitrogens with one attached hydrogen (secondary N) is 1. The molecule has 22 heavy (non-hydrogen) atoms. The van der Waals surface area contributed by atoms with Crippen LogP contribution in [0.15, 0.2) is 33.7 Å². The second-order valence-electron chi connectivity index (χ2n) is 4.17. The van der Waals surface area contributed by atoms with Gasteiger partial charge in [-0.2, -0.15) is 4.98 Å². The van der Waals surface area contributed by atoms with Gasteiger partial charge in [-0.15, -0.1) is 0 Å². The Hall–Kier alpha value is -2.00. The highest BCUT2D eigenvalue weighted by Crippen LogP contribution is 2.28. The van der Waals surface area contributed by atoms with Crippen LogP contribution in [0.25, 0.3) is 10.1 Å². The molecule has 0 saturated heterocycles. The first-order chi connectivity index (χ1) is 10.5. The zero-order chi connectivity index (χ0) is 15.9. The van der Waals surface area contributed by atoms with Crippen LogP contribution < -0.4 is 10.9 Å². The van der Waals surface area contributed by atoms with Gasteiger partial charge < -0.3 is 5.32 Å². The molecule has 3 rings (SSSR count). The topological polar surface area (TPSA) is 54.9 Å². The average Bonchev–Trinajstić information content (AvgIpc) is 2.49. The van der Waals surface area contributed by atoms with Gasteiger partial charge >= 0.3 is 0 Å². The molecule has 0 saturated carbocycles. The van der Waals surface area contributed by atoms with Gasteiger partial charge in [0.1, 0.15) is 5.82 Å². The van der Waals surface area contributed by atoms with Gasteiger partial charge in [-0.25, -0.2) is 18.2 Å². The Morgan fingerprint density at radius 1 is 1.18 bits per heavy atom. The smallest absolute Gasteiger partial charge is 0.281 e. The highest BCUT2D eigenvalue weighted by atomic mass is 79.9. The van der Waals surface area contributed by atoms with Crippen molar-refractivity contribution in [2.45, 2.75) is 0 Å². The molecule has 0 bridgehead atoms. The lowest BCUT2D eigenvalue weighted by molar-refractivity contribution is 0.454. The Labute approximate surface area is 133 Å².